The number of benzene rings is 5. The van der Waals surface area contributed by atoms with Crippen LogP contribution in [0.2, 0.25) is 5.02 Å². The van der Waals surface area contributed by atoms with Crippen LogP contribution in [-0.4, -0.2) is 9.97 Å². The highest BCUT2D eigenvalue weighted by Crippen LogP contribution is 2.51. The molecule has 0 N–H and O–H groups in total. The molecule has 3 heteroatoms. The van der Waals surface area contributed by atoms with Crippen LogP contribution < -0.4 is 0 Å². The van der Waals surface area contributed by atoms with E-state index in [0.717, 1.165) is 57.9 Å². The van der Waals surface area contributed by atoms with Crippen LogP contribution in [0.5, 0.6) is 0 Å². The van der Waals surface area contributed by atoms with E-state index in [0.29, 0.717) is 17.8 Å². The fourth-order valence-corrected chi connectivity index (χ4v) is 8.07. The Hall–Kier alpha value is -5.31. The molecule has 0 spiro atoms. The number of rotatable bonds is 7. The van der Waals surface area contributed by atoms with Crippen LogP contribution in [-0.2, 0) is 0 Å². The Morgan fingerprint density at radius 2 is 0.736 bits per heavy atom. The van der Waals surface area contributed by atoms with Crippen LogP contribution in [0.3, 0.4) is 0 Å². The van der Waals surface area contributed by atoms with Crippen molar-refractivity contribution in [3.05, 3.63) is 192 Å². The molecule has 0 bridgehead atoms. The summed E-state index contributed by atoms with van der Waals surface area (Å²) in [6.45, 7) is 8.00. The number of hydrogen-bond acceptors (Lipinski definition) is 2. The second-order valence-electron chi connectivity index (χ2n) is 13.1. The molecule has 2 unspecified atom stereocenters. The van der Waals surface area contributed by atoms with E-state index in [4.69, 9.17) is 21.6 Å². The topological polar surface area (TPSA) is 25.8 Å². The van der Waals surface area contributed by atoms with Crippen molar-refractivity contribution in [1.29, 1.82) is 0 Å². The first-order valence-electron chi connectivity index (χ1n) is 19.2. The Kier molecular flexibility index (Phi) is 13.0. The lowest BCUT2D eigenvalue weighted by Gasteiger charge is -2.37. The normalized spacial score (nSPS) is 16.4. The summed E-state index contributed by atoms with van der Waals surface area (Å²) >= 11 is 6.91. The van der Waals surface area contributed by atoms with Gasteiger partial charge in [-0.3, -0.25) is 9.97 Å². The van der Waals surface area contributed by atoms with Gasteiger partial charge in [0.05, 0.1) is 11.4 Å². The van der Waals surface area contributed by atoms with Crippen LogP contribution in [0, 0.1) is 0 Å². The predicted molar refractivity (Wildman–Crippen MR) is 226 cm³/mol. The Morgan fingerprint density at radius 3 is 1.13 bits per heavy atom. The minimum atomic E-state index is 0.329. The van der Waals surface area contributed by atoms with Crippen molar-refractivity contribution in [1.82, 2.24) is 9.97 Å². The standard InChI is InChI=1S/C46H37ClN2.2C2H6/c47-44-22-12-11-21-43(44)38-28-36(41-19-9-7-17-39(41)34-23-25-45(48-30-34)32-13-3-1-4-14-32)27-37(29-38)42-20-10-8-18-40(42)35-24-26-46(49-31-35)33-15-5-2-6-16-33;2*1-2/h1-26,30-31,36-38H,27-29H2;2*1-2H3. The zero-order valence-electron chi connectivity index (χ0n) is 31.3. The van der Waals surface area contributed by atoms with Crippen molar-refractivity contribution in [2.24, 2.45) is 0 Å². The van der Waals surface area contributed by atoms with Gasteiger partial charge >= 0.3 is 0 Å². The molecule has 53 heavy (non-hydrogen) atoms. The molecule has 2 atom stereocenters. The van der Waals surface area contributed by atoms with Gasteiger partial charge in [0.2, 0.25) is 0 Å². The Morgan fingerprint density at radius 1 is 0.377 bits per heavy atom. The maximum Gasteiger partial charge on any atom is 0.0702 e. The van der Waals surface area contributed by atoms with Crippen molar-refractivity contribution in [3.63, 3.8) is 0 Å². The Labute approximate surface area is 321 Å². The summed E-state index contributed by atoms with van der Waals surface area (Å²) in [6.07, 6.45) is 7.22. The molecule has 0 saturated heterocycles. The highest BCUT2D eigenvalue weighted by molar-refractivity contribution is 6.31. The van der Waals surface area contributed by atoms with Crippen LogP contribution in [0.25, 0.3) is 44.8 Å². The quantitative estimate of drug-likeness (QED) is 0.164. The molecule has 1 saturated carbocycles. The Balaban J connectivity index is 0.00000116. The minimum Gasteiger partial charge on any atom is -0.256 e. The summed E-state index contributed by atoms with van der Waals surface area (Å²) in [6, 6.07) is 55.8. The molecule has 8 rings (SSSR count). The van der Waals surface area contributed by atoms with Gasteiger partial charge in [0.1, 0.15) is 0 Å². The highest BCUT2D eigenvalue weighted by atomic mass is 35.5. The van der Waals surface area contributed by atoms with Crippen molar-refractivity contribution < 1.29 is 0 Å². The first-order chi connectivity index (χ1) is 26.2. The number of halogens is 1. The molecule has 7 aromatic rings. The van der Waals surface area contributed by atoms with Gasteiger partial charge in [-0.1, -0.05) is 179 Å². The fraction of sp³-hybridized carbons (Fsp3) is 0.200. The molecule has 5 aromatic carbocycles. The van der Waals surface area contributed by atoms with Crippen molar-refractivity contribution in [2.45, 2.75) is 64.7 Å². The largest absolute Gasteiger partial charge is 0.256 e. The van der Waals surface area contributed by atoms with E-state index >= 15 is 0 Å². The van der Waals surface area contributed by atoms with E-state index in [2.05, 4.69) is 133 Å². The van der Waals surface area contributed by atoms with Gasteiger partial charge in [0.25, 0.3) is 0 Å². The predicted octanol–water partition coefficient (Wildman–Crippen LogP) is 14.7. The second-order valence-corrected chi connectivity index (χ2v) is 13.5. The van der Waals surface area contributed by atoms with E-state index in [-0.39, 0.29) is 0 Å². The van der Waals surface area contributed by atoms with Gasteiger partial charge in [-0.15, -0.1) is 0 Å². The van der Waals surface area contributed by atoms with E-state index in [1.54, 1.807) is 0 Å². The van der Waals surface area contributed by atoms with E-state index in [1.165, 1.54) is 27.8 Å². The van der Waals surface area contributed by atoms with Crippen LogP contribution in [0.15, 0.2) is 170 Å². The summed E-state index contributed by atoms with van der Waals surface area (Å²) in [7, 11) is 0. The monoisotopic (exact) mass is 712 g/mol. The molecule has 2 heterocycles. The molecule has 266 valence electrons. The van der Waals surface area contributed by atoms with Gasteiger partial charge in [-0.05, 0) is 83.0 Å². The summed E-state index contributed by atoms with van der Waals surface area (Å²) in [5, 5.41) is 0.856. The molecule has 0 radical (unpaired) electrons. The van der Waals surface area contributed by atoms with Gasteiger partial charge in [-0.25, -0.2) is 0 Å². The van der Waals surface area contributed by atoms with Gasteiger partial charge in [0, 0.05) is 39.7 Å². The molecule has 1 aliphatic carbocycles. The summed E-state index contributed by atoms with van der Waals surface area (Å²) < 4.78 is 0. The number of pyridine rings is 2. The minimum absolute atomic E-state index is 0.329. The number of aromatic nitrogens is 2. The van der Waals surface area contributed by atoms with Gasteiger partial charge in [-0.2, -0.15) is 0 Å². The summed E-state index contributed by atoms with van der Waals surface area (Å²) in [5.74, 6) is 1.02. The zero-order chi connectivity index (χ0) is 37.0. The van der Waals surface area contributed by atoms with Crippen LogP contribution in [0.1, 0.15) is 81.4 Å². The molecular weight excluding hydrogens is 664 g/mol. The third-order valence-corrected chi connectivity index (χ3v) is 10.5. The van der Waals surface area contributed by atoms with Gasteiger partial charge < -0.3 is 0 Å². The molecule has 1 aliphatic rings. The van der Waals surface area contributed by atoms with Crippen molar-refractivity contribution in [2.75, 3.05) is 0 Å². The smallest absolute Gasteiger partial charge is 0.0702 e. The first-order valence-corrected chi connectivity index (χ1v) is 19.5. The molecular formula is C50H49ClN2. The summed E-state index contributed by atoms with van der Waals surface area (Å²) in [5.41, 5.74) is 13.0. The van der Waals surface area contributed by atoms with Crippen LogP contribution in [0.4, 0.5) is 0 Å². The van der Waals surface area contributed by atoms with E-state index in [1.807, 2.05) is 64.4 Å². The average molecular weight is 713 g/mol. The van der Waals surface area contributed by atoms with Crippen molar-refractivity contribution >= 4 is 11.6 Å². The molecule has 0 amide bonds. The number of hydrogen-bond donors (Lipinski definition) is 0. The maximum atomic E-state index is 6.91. The lowest BCUT2D eigenvalue weighted by molar-refractivity contribution is 0.352. The Bertz CT molecular complexity index is 2020. The van der Waals surface area contributed by atoms with Crippen LogP contribution >= 0.6 is 11.6 Å². The third kappa shape index (κ3) is 8.67. The zero-order valence-corrected chi connectivity index (χ0v) is 32.0. The lowest BCUT2D eigenvalue weighted by atomic mass is 9.67. The molecule has 2 aromatic heterocycles. The second kappa shape index (κ2) is 18.4. The SMILES string of the molecule is CC.CC.Clc1ccccc1C1CC(c2ccccc2-c2ccc(-c3ccccc3)nc2)CC(c2ccccc2-c2ccc(-c3ccccc3)nc2)C1. The average Bonchev–Trinajstić information content (AvgIpc) is 3.26. The van der Waals surface area contributed by atoms with E-state index in [9.17, 15) is 0 Å². The molecule has 2 nitrogen and oxygen atoms in total. The third-order valence-electron chi connectivity index (χ3n) is 10.1. The number of nitrogens with zero attached hydrogens (tertiary/aromatic N) is 2. The fourth-order valence-electron chi connectivity index (χ4n) is 7.78. The summed E-state index contributed by atoms with van der Waals surface area (Å²) in [4.78, 5) is 9.79. The molecule has 0 aliphatic heterocycles. The maximum absolute atomic E-state index is 6.91. The lowest BCUT2D eigenvalue weighted by Crippen LogP contribution is -2.21. The van der Waals surface area contributed by atoms with Crippen molar-refractivity contribution in [3.8, 4) is 44.8 Å². The first kappa shape index (κ1) is 37.4. The van der Waals surface area contributed by atoms with Gasteiger partial charge in [0.15, 0.2) is 0 Å². The molecule has 1 fully saturated rings. The van der Waals surface area contributed by atoms with E-state index < -0.39 is 0 Å². The highest BCUT2D eigenvalue weighted by Gasteiger charge is 2.34.